The maximum Gasteiger partial charge on any atom is 0.238 e. The van der Waals surface area contributed by atoms with E-state index < -0.39 is 31.0 Å². The van der Waals surface area contributed by atoms with Crippen LogP contribution in [0.25, 0.3) is 0 Å². The lowest BCUT2D eigenvalue weighted by molar-refractivity contribution is -0.120. The molecule has 0 aromatic rings. The molecule has 0 radical (unpaired) electrons. The minimum atomic E-state index is -3.54. The van der Waals surface area contributed by atoms with Crippen LogP contribution in [0.5, 0.6) is 0 Å². The van der Waals surface area contributed by atoms with E-state index >= 15 is 0 Å². The summed E-state index contributed by atoms with van der Waals surface area (Å²) < 4.78 is 44.6. The van der Waals surface area contributed by atoms with Gasteiger partial charge in [-0.3, -0.25) is 4.79 Å². The normalized spacial score (nSPS) is 23.5. The highest BCUT2D eigenvalue weighted by atomic mass is 32.2. The summed E-state index contributed by atoms with van der Waals surface area (Å²) in [6.07, 6.45) is 1.83. The van der Waals surface area contributed by atoms with Crippen molar-refractivity contribution in [3.63, 3.8) is 0 Å². The standard InChI is InChI=1S/C9H18N2O5S2/c10-18(15,16)7-3-5-11-9(12)8-4-1-2-6-17(8,13)14/h8H,1-7H2,(H,11,12)(H2,10,15,16). The minimum Gasteiger partial charge on any atom is -0.355 e. The minimum absolute atomic E-state index is 0.0439. The monoisotopic (exact) mass is 298 g/mol. The fraction of sp³-hybridized carbons (Fsp3) is 0.889. The summed E-state index contributed by atoms with van der Waals surface area (Å²) in [5, 5.41) is 6.26. The molecule has 1 amide bonds. The third kappa shape index (κ3) is 4.91. The molecule has 0 bridgehead atoms. The van der Waals surface area contributed by atoms with Crippen molar-refractivity contribution in [3.05, 3.63) is 0 Å². The second kappa shape index (κ2) is 5.98. The molecular weight excluding hydrogens is 280 g/mol. The van der Waals surface area contributed by atoms with Crippen LogP contribution in [0, 0.1) is 0 Å². The van der Waals surface area contributed by atoms with Gasteiger partial charge in [-0.2, -0.15) is 0 Å². The van der Waals surface area contributed by atoms with Gasteiger partial charge in [0.25, 0.3) is 0 Å². The summed E-state index contributed by atoms with van der Waals surface area (Å²) in [7, 11) is -6.88. The number of hydrogen-bond acceptors (Lipinski definition) is 5. The van der Waals surface area contributed by atoms with E-state index in [4.69, 9.17) is 5.14 Å². The Morgan fingerprint density at radius 1 is 1.33 bits per heavy atom. The first kappa shape index (κ1) is 15.4. The summed E-state index contributed by atoms with van der Waals surface area (Å²) in [4.78, 5) is 11.7. The lowest BCUT2D eigenvalue weighted by atomic mass is 10.2. The Labute approximate surface area is 107 Å². The Morgan fingerprint density at radius 3 is 2.56 bits per heavy atom. The largest absolute Gasteiger partial charge is 0.355 e. The predicted octanol–water partition coefficient (Wildman–Crippen LogP) is -1.25. The number of nitrogens with one attached hydrogen (secondary N) is 1. The number of carbonyl (C=O) groups excluding carboxylic acids is 1. The lowest BCUT2D eigenvalue weighted by Gasteiger charge is -2.21. The Morgan fingerprint density at radius 2 is 2.00 bits per heavy atom. The van der Waals surface area contributed by atoms with Crippen molar-refractivity contribution in [3.8, 4) is 0 Å². The smallest absolute Gasteiger partial charge is 0.238 e. The number of sulfone groups is 1. The first-order valence-electron chi connectivity index (χ1n) is 5.72. The summed E-state index contributed by atoms with van der Waals surface area (Å²) in [5.74, 6) is -0.725. The van der Waals surface area contributed by atoms with Crippen molar-refractivity contribution in [2.45, 2.75) is 30.9 Å². The summed E-state index contributed by atoms with van der Waals surface area (Å²) in [6, 6.07) is 0. The zero-order valence-corrected chi connectivity index (χ0v) is 11.6. The van der Waals surface area contributed by atoms with Gasteiger partial charge in [-0.25, -0.2) is 22.0 Å². The average molecular weight is 298 g/mol. The highest BCUT2D eigenvalue weighted by Gasteiger charge is 2.34. The first-order valence-corrected chi connectivity index (χ1v) is 9.15. The van der Waals surface area contributed by atoms with Gasteiger partial charge in [0, 0.05) is 6.54 Å². The maximum atomic E-state index is 11.7. The number of primary sulfonamides is 1. The van der Waals surface area contributed by atoms with Crippen molar-refractivity contribution in [2.24, 2.45) is 5.14 Å². The van der Waals surface area contributed by atoms with Crippen LogP contribution in [0.15, 0.2) is 0 Å². The molecule has 0 aliphatic carbocycles. The molecule has 106 valence electrons. The number of rotatable bonds is 5. The second-order valence-corrected chi connectivity index (χ2v) is 8.40. The first-order chi connectivity index (χ1) is 8.22. The second-order valence-electron chi connectivity index (χ2n) is 4.36. The molecule has 0 aromatic carbocycles. The van der Waals surface area contributed by atoms with Gasteiger partial charge in [0.15, 0.2) is 9.84 Å². The van der Waals surface area contributed by atoms with Gasteiger partial charge < -0.3 is 5.32 Å². The third-order valence-corrected chi connectivity index (χ3v) is 5.81. The summed E-state index contributed by atoms with van der Waals surface area (Å²) in [6.45, 7) is 0.112. The molecule has 1 unspecified atom stereocenters. The van der Waals surface area contributed by atoms with E-state index in [1.165, 1.54) is 0 Å². The Bertz CT molecular complexity index is 497. The van der Waals surface area contributed by atoms with Crippen LogP contribution >= 0.6 is 0 Å². The van der Waals surface area contributed by atoms with Crippen LogP contribution in [-0.4, -0.2) is 46.0 Å². The number of nitrogens with two attached hydrogens (primary N) is 1. The van der Waals surface area contributed by atoms with Crippen LogP contribution in [-0.2, 0) is 24.7 Å². The van der Waals surface area contributed by atoms with E-state index in [-0.39, 0.29) is 24.5 Å². The molecule has 1 aliphatic rings. The summed E-state index contributed by atoms with van der Waals surface area (Å²) in [5.41, 5.74) is 0. The van der Waals surface area contributed by atoms with E-state index in [1.807, 2.05) is 0 Å². The van der Waals surface area contributed by atoms with E-state index in [0.29, 0.717) is 19.3 Å². The van der Waals surface area contributed by atoms with Crippen LogP contribution in [0.2, 0.25) is 0 Å². The van der Waals surface area contributed by atoms with Crippen molar-refractivity contribution >= 4 is 25.8 Å². The fourth-order valence-electron chi connectivity index (χ4n) is 1.85. The average Bonchev–Trinajstić information content (AvgIpc) is 2.22. The van der Waals surface area contributed by atoms with Gasteiger partial charge in [0.2, 0.25) is 15.9 Å². The molecule has 18 heavy (non-hydrogen) atoms. The molecule has 0 saturated carbocycles. The number of hydrogen-bond donors (Lipinski definition) is 2. The van der Waals surface area contributed by atoms with Crippen LogP contribution in [0.1, 0.15) is 25.7 Å². The highest BCUT2D eigenvalue weighted by molar-refractivity contribution is 7.92. The molecule has 1 atom stereocenters. The highest BCUT2D eigenvalue weighted by Crippen LogP contribution is 2.19. The van der Waals surface area contributed by atoms with E-state index in [2.05, 4.69) is 5.32 Å². The quantitative estimate of drug-likeness (QED) is 0.614. The molecule has 1 aliphatic heterocycles. The molecule has 1 heterocycles. The van der Waals surface area contributed by atoms with Crippen molar-refractivity contribution in [1.29, 1.82) is 0 Å². The summed E-state index contributed by atoms with van der Waals surface area (Å²) >= 11 is 0. The molecular formula is C9H18N2O5S2. The van der Waals surface area contributed by atoms with Crippen molar-refractivity contribution in [1.82, 2.24) is 5.32 Å². The zero-order chi connectivity index (χ0) is 13.8. The number of sulfonamides is 1. The molecule has 1 fully saturated rings. The zero-order valence-electron chi connectivity index (χ0n) is 9.96. The molecule has 3 N–H and O–H groups in total. The molecule has 0 spiro atoms. The van der Waals surface area contributed by atoms with Gasteiger partial charge >= 0.3 is 0 Å². The van der Waals surface area contributed by atoms with Crippen LogP contribution < -0.4 is 10.5 Å². The third-order valence-electron chi connectivity index (χ3n) is 2.78. The fourth-order valence-corrected chi connectivity index (χ4v) is 4.22. The molecule has 0 aromatic heterocycles. The van der Waals surface area contributed by atoms with Gasteiger partial charge in [-0.05, 0) is 19.3 Å². The van der Waals surface area contributed by atoms with Crippen LogP contribution in [0.4, 0.5) is 0 Å². The predicted molar refractivity (Wildman–Crippen MR) is 67.0 cm³/mol. The molecule has 1 rings (SSSR count). The Balaban J connectivity index is 2.41. The van der Waals surface area contributed by atoms with Crippen LogP contribution in [0.3, 0.4) is 0 Å². The number of amides is 1. The molecule has 1 saturated heterocycles. The van der Waals surface area contributed by atoms with E-state index in [1.54, 1.807) is 0 Å². The van der Waals surface area contributed by atoms with Gasteiger partial charge in [-0.1, -0.05) is 6.42 Å². The number of carbonyl (C=O) groups is 1. The topological polar surface area (TPSA) is 123 Å². The van der Waals surface area contributed by atoms with E-state index in [9.17, 15) is 21.6 Å². The van der Waals surface area contributed by atoms with Gasteiger partial charge in [0.05, 0.1) is 11.5 Å². The molecule has 9 heteroatoms. The Kier molecular flexibility index (Phi) is 5.11. The maximum absolute atomic E-state index is 11.7. The molecule has 7 nitrogen and oxygen atoms in total. The van der Waals surface area contributed by atoms with Crippen molar-refractivity contribution in [2.75, 3.05) is 18.1 Å². The Hall–Kier alpha value is -0.670. The SMILES string of the molecule is NS(=O)(=O)CCCNC(=O)C1CCCCS1(=O)=O. The van der Waals surface area contributed by atoms with Gasteiger partial charge in [-0.15, -0.1) is 0 Å². The van der Waals surface area contributed by atoms with Gasteiger partial charge in [0.1, 0.15) is 5.25 Å². The van der Waals surface area contributed by atoms with E-state index in [0.717, 1.165) is 0 Å². The van der Waals surface area contributed by atoms with Crippen molar-refractivity contribution < 1.29 is 21.6 Å². The lowest BCUT2D eigenvalue weighted by Crippen LogP contribution is -2.43.